The minimum Gasteiger partial charge on any atom is -0.252 e. The van der Waals surface area contributed by atoms with Crippen molar-refractivity contribution in [3.05, 3.63) is 73.7 Å². The fraction of sp³-hybridized carbons (Fsp3) is 0.400. The summed E-state index contributed by atoms with van der Waals surface area (Å²) < 4.78 is 0. The molecule has 3 heteroatoms. The second-order valence-electron chi connectivity index (χ2n) is 6.66. The Balaban J connectivity index is 2.27. The number of benzene rings is 2. The van der Waals surface area contributed by atoms with Gasteiger partial charge >= 0.3 is 0 Å². The van der Waals surface area contributed by atoms with Gasteiger partial charge < -0.3 is 0 Å². The normalized spacial score (nSPS) is 10.7. The first-order chi connectivity index (χ1) is 10.8. The van der Waals surface area contributed by atoms with Gasteiger partial charge in [-0.2, -0.15) is 0 Å². The van der Waals surface area contributed by atoms with Gasteiger partial charge in [-0.1, -0.05) is 35.4 Å². The van der Waals surface area contributed by atoms with Crippen molar-refractivity contribution in [1.82, 2.24) is 5.01 Å². The molecule has 0 radical (unpaired) electrons. The van der Waals surface area contributed by atoms with Crippen LogP contribution in [0.25, 0.3) is 0 Å². The SMILES string of the molecule is Cc1cc(C)c(CN(Cc2c(C)cc(C)cc2C)N=O)c(C)c1. The van der Waals surface area contributed by atoms with Gasteiger partial charge in [0.25, 0.3) is 0 Å². The maximum Gasteiger partial charge on any atom is 0.0651 e. The molecule has 0 fully saturated rings. The van der Waals surface area contributed by atoms with Crippen molar-refractivity contribution >= 4 is 0 Å². The molecule has 0 amide bonds. The first kappa shape index (κ1) is 17.2. The average Bonchev–Trinajstić information content (AvgIpc) is 2.44. The fourth-order valence-corrected chi connectivity index (χ4v) is 3.40. The molecule has 0 spiro atoms. The molecule has 0 bridgehead atoms. The van der Waals surface area contributed by atoms with Gasteiger partial charge in [0.05, 0.1) is 18.4 Å². The van der Waals surface area contributed by atoms with Gasteiger partial charge in [0.15, 0.2) is 0 Å². The highest BCUT2D eigenvalue weighted by Gasteiger charge is 2.13. The first-order valence-corrected chi connectivity index (χ1v) is 8.03. The molecule has 0 saturated carbocycles. The highest BCUT2D eigenvalue weighted by atomic mass is 16.3. The Kier molecular flexibility index (Phi) is 5.19. The van der Waals surface area contributed by atoms with Gasteiger partial charge in [0.1, 0.15) is 0 Å². The quantitative estimate of drug-likeness (QED) is 0.560. The van der Waals surface area contributed by atoms with E-state index in [9.17, 15) is 4.91 Å². The van der Waals surface area contributed by atoms with Crippen LogP contribution in [0.1, 0.15) is 44.5 Å². The third kappa shape index (κ3) is 3.98. The molecular formula is C20H26N2O. The molecule has 0 N–H and O–H groups in total. The van der Waals surface area contributed by atoms with Gasteiger partial charge in [-0.3, -0.25) is 5.01 Å². The lowest BCUT2D eigenvalue weighted by Crippen LogP contribution is -2.18. The van der Waals surface area contributed by atoms with E-state index in [0.29, 0.717) is 13.1 Å². The summed E-state index contributed by atoms with van der Waals surface area (Å²) in [5, 5.41) is 4.89. The Morgan fingerprint density at radius 3 is 1.26 bits per heavy atom. The van der Waals surface area contributed by atoms with E-state index in [1.165, 1.54) is 44.5 Å². The first-order valence-electron chi connectivity index (χ1n) is 8.03. The molecule has 0 atom stereocenters. The molecule has 0 heterocycles. The van der Waals surface area contributed by atoms with Crippen LogP contribution in [0, 0.1) is 46.4 Å². The summed E-state index contributed by atoms with van der Waals surface area (Å²) in [5.41, 5.74) is 9.75. The highest BCUT2D eigenvalue weighted by Crippen LogP contribution is 2.22. The molecule has 23 heavy (non-hydrogen) atoms. The van der Waals surface area contributed by atoms with E-state index >= 15 is 0 Å². The molecule has 3 nitrogen and oxygen atoms in total. The largest absolute Gasteiger partial charge is 0.252 e. The van der Waals surface area contributed by atoms with Gasteiger partial charge in [0, 0.05) is 0 Å². The van der Waals surface area contributed by atoms with Crippen molar-refractivity contribution in [2.45, 2.75) is 54.6 Å². The summed E-state index contributed by atoms with van der Waals surface area (Å²) in [6.07, 6.45) is 0. The summed E-state index contributed by atoms with van der Waals surface area (Å²) in [4.78, 5) is 11.4. The average molecular weight is 310 g/mol. The van der Waals surface area contributed by atoms with Crippen LogP contribution in [0.5, 0.6) is 0 Å². The molecule has 0 unspecified atom stereocenters. The predicted molar refractivity (Wildman–Crippen MR) is 96.3 cm³/mol. The lowest BCUT2D eigenvalue weighted by Gasteiger charge is -2.21. The van der Waals surface area contributed by atoms with Gasteiger partial charge in [-0.05, 0) is 74.9 Å². The molecule has 2 aromatic carbocycles. The zero-order chi connectivity index (χ0) is 17.1. The Labute approximate surface area is 139 Å². The number of nitroso groups, excluding NO2 is 1. The monoisotopic (exact) mass is 310 g/mol. The topological polar surface area (TPSA) is 32.7 Å². The van der Waals surface area contributed by atoms with Crippen molar-refractivity contribution in [2.75, 3.05) is 0 Å². The van der Waals surface area contributed by atoms with Crippen LogP contribution in [0.15, 0.2) is 29.6 Å². The minimum absolute atomic E-state index is 0.550. The van der Waals surface area contributed by atoms with E-state index in [1.54, 1.807) is 5.01 Å². The summed E-state index contributed by atoms with van der Waals surface area (Å²) in [6.45, 7) is 13.7. The Morgan fingerprint density at radius 2 is 1.00 bits per heavy atom. The molecule has 0 aliphatic rings. The predicted octanol–water partition coefficient (Wildman–Crippen LogP) is 5.22. The molecule has 0 aromatic heterocycles. The lowest BCUT2D eigenvalue weighted by atomic mass is 9.98. The summed E-state index contributed by atoms with van der Waals surface area (Å²) in [7, 11) is 0. The highest BCUT2D eigenvalue weighted by molar-refractivity contribution is 5.39. The fourth-order valence-electron chi connectivity index (χ4n) is 3.40. The van der Waals surface area contributed by atoms with Crippen LogP contribution in [-0.4, -0.2) is 5.01 Å². The molecule has 122 valence electrons. The summed E-state index contributed by atoms with van der Waals surface area (Å²) >= 11 is 0. The van der Waals surface area contributed by atoms with Crippen LogP contribution >= 0.6 is 0 Å². The molecule has 0 saturated heterocycles. The Morgan fingerprint density at radius 1 is 0.696 bits per heavy atom. The van der Waals surface area contributed by atoms with E-state index in [4.69, 9.17) is 0 Å². The van der Waals surface area contributed by atoms with Crippen molar-refractivity contribution < 1.29 is 0 Å². The molecule has 0 aliphatic heterocycles. The third-order valence-electron chi connectivity index (χ3n) is 4.48. The number of nitrogens with zero attached hydrogens (tertiary/aromatic N) is 2. The number of hydrogen-bond donors (Lipinski definition) is 0. The molecule has 2 rings (SSSR count). The Hall–Kier alpha value is -2.16. The summed E-state index contributed by atoms with van der Waals surface area (Å²) in [5.74, 6) is 0. The van der Waals surface area contributed by atoms with E-state index < -0.39 is 0 Å². The second-order valence-corrected chi connectivity index (χ2v) is 6.66. The maximum absolute atomic E-state index is 11.4. The molecule has 0 aliphatic carbocycles. The van der Waals surface area contributed by atoms with Crippen molar-refractivity contribution in [3.8, 4) is 0 Å². The molecule has 2 aromatic rings. The minimum atomic E-state index is 0.550. The number of hydrogen-bond acceptors (Lipinski definition) is 2. The zero-order valence-corrected chi connectivity index (χ0v) is 15.0. The van der Waals surface area contributed by atoms with Crippen LogP contribution in [-0.2, 0) is 13.1 Å². The third-order valence-corrected chi connectivity index (χ3v) is 4.48. The second kappa shape index (κ2) is 6.95. The smallest absolute Gasteiger partial charge is 0.0651 e. The number of rotatable bonds is 5. The van der Waals surface area contributed by atoms with Crippen LogP contribution < -0.4 is 0 Å². The van der Waals surface area contributed by atoms with E-state index in [-0.39, 0.29) is 0 Å². The van der Waals surface area contributed by atoms with Gasteiger partial charge in [-0.25, -0.2) is 0 Å². The van der Waals surface area contributed by atoms with Gasteiger partial charge in [0.2, 0.25) is 0 Å². The van der Waals surface area contributed by atoms with Crippen LogP contribution in [0.3, 0.4) is 0 Å². The standard InChI is InChI=1S/C20H26N2O/c1-13-7-15(3)19(16(4)8-13)11-22(21-23)12-20-17(5)9-14(2)10-18(20)6/h7-10H,11-12H2,1-6H3. The molecular weight excluding hydrogens is 284 g/mol. The maximum atomic E-state index is 11.4. The van der Waals surface area contributed by atoms with E-state index in [0.717, 1.165) is 0 Å². The van der Waals surface area contributed by atoms with Crippen LogP contribution in [0.4, 0.5) is 0 Å². The lowest BCUT2D eigenvalue weighted by molar-refractivity contribution is 0.264. The van der Waals surface area contributed by atoms with E-state index in [2.05, 4.69) is 71.1 Å². The summed E-state index contributed by atoms with van der Waals surface area (Å²) in [6, 6.07) is 8.64. The van der Waals surface area contributed by atoms with Crippen LogP contribution in [0.2, 0.25) is 0 Å². The zero-order valence-electron chi connectivity index (χ0n) is 15.0. The Bertz CT molecular complexity index is 629. The number of aryl methyl sites for hydroxylation is 6. The van der Waals surface area contributed by atoms with Crippen molar-refractivity contribution in [1.29, 1.82) is 0 Å². The van der Waals surface area contributed by atoms with Crippen molar-refractivity contribution in [3.63, 3.8) is 0 Å². The van der Waals surface area contributed by atoms with E-state index in [1.807, 2.05) is 0 Å². The van der Waals surface area contributed by atoms with Crippen molar-refractivity contribution in [2.24, 2.45) is 5.29 Å². The van der Waals surface area contributed by atoms with Gasteiger partial charge in [-0.15, -0.1) is 4.91 Å².